The molecule has 14 heavy (non-hydrogen) atoms. The molecule has 1 saturated carbocycles. The molecule has 2 rings (SSSR count). The normalized spacial score (nSPS) is 15.4. The van der Waals surface area contributed by atoms with Crippen LogP contribution in [-0.2, 0) is 0 Å². The number of anilines is 1. The van der Waals surface area contributed by atoms with Crippen LogP contribution in [0, 0.1) is 0 Å². The van der Waals surface area contributed by atoms with Gasteiger partial charge >= 0.3 is 0 Å². The first-order valence-electron chi connectivity index (χ1n) is 4.67. The van der Waals surface area contributed by atoms with E-state index in [-0.39, 0.29) is 0 Å². The fourth-order valence-electron chi connectivity index (χ4n) is 1.18. The molecule has 0 atom stereocenters. The molecule has 0 aromatic carbocycles. The van der Waals surface area contributed by atoms with Gasteiger partial charge < -0.3 is 9.64 Å². The molecule has 0 bridgehead atoms. The molecule has 3 nitrogen and oxygen atoms in total. The van der Waals surface area contributed by atoms with Crippen LogP contribution in [-0.4, -0.2) is 25.2 Å². The highest BCUT2D eigenvalue weighted by Crippen LogP contribution is 2.35. The Morgan fingerprint density at radius 2 is 2.21 bits per heavy atom. The molecule has 0 radical (unpaired) electrons. The molecule has 1 aromatic heterocycles. The van der Waals surface area contributed by atoms with Crippen LogP contribution in [0.2, 0.25) is 5.02 Å². The third-order valence-electron chi connectivity index (χ3n) is 2.08. The number of hydrogen-bond donors (Lipinski definition) is 0. The van der Waals surface area contributed by atoms with Gasteiger partial charge in [-0.3, -0.25) is 0 Å². The summed E-state index contributed by atoms with van der Waals surface area (Å²) in [6.45, 7) is 0. The number of aromatic nitrogens is 1. The maximum atomic E-state index is 6.15. The van der Waals surface area contributed by atoms with Gasteiger partial charge in [-0.15, -0.1) is 0 Å². The molecule has 76 valence electrons. The molecule has 1 heterocycles. The van der Waals surface area contributed by atoms with E-state index >= 15 is 0 Å². The fourth-order valence-corrected chi connectivity index (χ4v) is 1.51. The third kappa shape index (κ3) is 1.93. The Morgan fingerprint density at radius 1 is 1.50 bits per heavy atom. The SMILES string of the molecule is CN(C)c1nccc(OC2CC2)c1Cl. The number of ether oxygens (including phenoxy) is 1. The summed E-state index contributed by atoms with van der Waals surface area (Å²) in [7, 11) is 3.82. The highest BCUT2D eigenvalue weighted by atomic mass is 35.5. The molecule has 4 heteroatoms. The lowest BCUT2D eigenvalue weighted by atomic mass is 10.4. The largest absolute Gasteiger partial charge is 0.489 e. The highest BCUT2D eigenvalue weighted by Gasteiger charge is 2.25. The van der Waals surface area contributed by atoms with Crippen LogP contribution in [0.1, 0.15) is 12.8 Å². The Bertz CT molecular complexity index is 337. The van der Waals surface area contributed by atoms with E-state index in [9.17, 15) is 0 Å². The van der Waals surface area contributed by atoms with Gasteiger partial charge in [0.05, 0.1) is 6.10 Å². The molecule has 0 amide bonds. The van der Waals surface area contributed by atoms with E-state index in [2.05, 4.69) is 4.98 Å². The Morgan fingerprint density at radius 3 is 2.79 bits per heavy atom. The molecule has 0 spiro atoms. The Hall–Kier alpha value is -0.960. The van der Waals surface area contributed by atoms with Crippen molar-refractivity contribution in [2.24, 2.45) is 0 Å². The monoisotopic (exact) mass is 212 g/mol. The van der Waals surface area contributed by atoms with E-state index in [1.54, 1.807) is 6.20 Å². The van der Waals surface area contributed by atoms with Crippen LogP contribution in [0.15, 0.2) is 12.3 Å². The molecule has 1 aliphatic carbocycles. The molecule has 0 aliphatic heterocycles. The van der Waals surface area contributed by atoms with Gasteiger partial charge in [0.25, 0.3) is 0 Å². The van der Waals surface area contributed by atoms with Crippen LogP contribution in [0.25, 0.3) is 0 Å². The summed E-state index contributed by atoms with van der Waals surface area (Å²) in [4.78, 5) is 6.06. The first-order chi connectivity index (χ1) is 6.68. The maximum absolute atomic E-state index is 6.15. The van der Waals surface area contributed by atoms with Crippen molar-refractivity contribution in [1.82, 2.24) is 4.98 Å². The summed E-state index contributed by atoms with van der Waals surface area (Å²) >= 11 is 6.15. The number of hydrogen-bond acceptors (Lipinski definition) is 3. The van der Waals surface area contributed by atoms with Gasteiger partial charge in [0.2, 0.25) is 0 Å². The molecule has 1 aliphatic rings. The molecule has 1 fully saturated rings. The second-order valence-electron chi connectivity index (χ2n) is 3.66. The van der Waals surface area contributed by atoms with E-state index in [4.69, 9.17) is 16.3 Å². The van der Waals surface area contributed by atoms with Gasteiger partial charge in [0, 0.05) is 26.4 Å². The van der Waals surface area contributed by atoms with Crippen LogP contribution in [0.5, 0.6) is 5.75 Å². The second kappa shape index (κ2) is 3.65. The predicted octanol–water partition coefficient (Wildman–Crippen LogP) is 2.34. The summed E-state index contributed by atoms with van der Waals surface area (Å²) in [5.41, 5.74) is 0. The summed E-state index contributed by atoms with van der Waals surface area (Å²) in [6, 6.07) is 1.81. The topological polar surface area (TPSA) is 25.4 Å². The van der Waals surface area contributed by atoms with E-state index in [1.165, 1.54) is 0 Å². The zero-order chi connectivity index (χ0) is 10.1. The third-order valence-corrected chi connectivity index (χ3v) is 2.43. The van der Waals surface area contributed by atoms with Crippen LogP contribution < -0.4 is 9.64 Å². The lowest BCUT2D eigenvalue weighted by molar-refractivity contribution is 0.303. The second-order valence-corrected chi connectivity index (χ2v) is 4.04. The minimum Gasteiger partial charge on any atom is -0.489 e. The minimum absolute atomic E-state index is 0.366. The quantitative estimate of drug-likeness (QED) is 0.769. The van der Waals surface area contributed by atoms with Crippen molar-refractivity contribution in [2.45, 2.75) is 18.9 Å². The summed E-state index contributed by atoms with van der Waals surface area (Å²) in [6.07, 6.45) is 4.36. The number of rotatable bonds is 3. The summed E-state index contributed by atoms with van der Waals surface area (Å²) < 4.78 is 5.65. The maximum Gasteiger partial charge on any atom is 0.150 e. The van der Waals surface area contributed by atoms with Gasteiger partial charge in [-0.05, 0) is 12.8 Å². The minimum atomic E-state index is 0.366. The zero-order valence-electron chi connectivity index (χ0n) is 8.33. The van der Waals surface area contributed by atoms with Crippen molar-refractivity contribution in [3.05, 3.63) is 17.3 Å². The Labute approximate surface area is 88.6 Å². The average molecular weight is 213 g/mol. The summed E-state index contributed by atoms with van der Waals surface area (Å²) in [5.74, 6) is 1.50. The van der Waals surface area contributed by atoms with Crippen molar-refractivity contribution < 1.29 is 4.74 Å². The van der Waals surface area contributed by atoms with Crippen LogP contribution in [0.3, 0.4) is 0 Å². The van der Waals surface area contributed by atoms with Crippen molar-refractivity contribution in [3.63, 3.8) is 0 Å². The van der Waals surface area contributed by atoms with Gasteiger partial charge in [-0.25, -0.2) is 4.98 Å². The smallest absolute Gasteiger partial charge is 0.150 e. The number of pyridine rings is 1. The van der Waals surface area contributed by atoms with E-state index < -0.39 is 0 Å². The molecule has 1 aromatic rings. The average Bonchev–Trinajstić information content (AvgIpc) is 2.92. The van der Waals surface area contributed by atoms with Crippen LogP contribution in [0.4, 0.5) is 5.82 Å². The van der Waals surface area contributed by atoms with Gasteiger partial charge in [-0.2, -0.15) is 0 Å². The fraction of sp³-hybridized carbons (Fsp3) is 0.500. The lowest BCUT2D eigenvalue weighted by Gasteiger charge is -2.15. The Kier molecular flexibility index (Phi) is 2.50. The van der Waals surface area contributed by atoms with Crippen molar-refractivity contribution in [2.75, 3.05) is 19.0 Å². The highest BCUT2D eigenvalue weighted by molar-refractivity contribution is 6.34. The summed E-state index contributed by atoms with van der Waals surface area (Å²) in [5, 5.41) is 0.601. The van der Waals surface area contributed by atoms with E-state index in [1.807, 2.05) is 25.1 Å². The Balaban J connectivity index is 2.25. The standard InChI is InChI=1S/C10H13ClN2O/c1-13(2)10-9(11)8(5-6-12-10)14-7-3-4-7/h5-7H,3-4H2,1-2H3. The van der Waals surface area contributed by atoms with Crippen molar-refractivity contribution in [3.8, 4) is 5.75 Å². The molecule has 0 N–H and O–H groups in total. The van der Waals surface area contributed by atoms with Gasteiger partial charge in [0.15, 0.2) is 5.82 Å². The molecule has 0 unspecified atom stereocenters. The molecular formula is C10H13ClN2O. The van der Waals surface area contributed by atoms with Crippen molar-refractivity contribution >= 4 is 17.4 Å². The van der Waals surface area contributed by atoms with Gasteiger partial charge in [-0.1, -0.05) is 11.6 Å². The number of nitrogens with zero attached hydrogens (tertiary/aromatic N) is 2. The van der Waals surface area contributed by atoms with Crippen molar-refractivity contribution in [1.29, 1.82) is 0 Å². The predicted molar refractivity (Wildman–Crippen MR) is 57.2 cm³/mol. The zero-order valence-corrected chi connectivity index (χ0v) is 9.08. The first-order valence-corrected chi connectivity index (χ1v) is 5.05. The van der Waals surface area contributed by atoms with Crippen LogP contribution >= 0.6 is 11.6 Å². The van der Waals surface area contributed by atoms with E-state index in [0.29, 0.717) is 11.1 Å². The molecule has 0 saturated heterocycles. The lowest BCUT2D eigenvalue weighted by Crippen LogP contribution is -2.11. The van der Waals surface area contributed by atoms with E-state index in [0.717, 1.165) is 24.4 Å². The molecular weight excluding hydrogens is 200 g/mol. The van der Waals surface area contributed by atoms with Gasteiger partial charge in [0.1, 0.15) is 10.8 Å². The first kappa shape index (κ1) is 9.59. The number of halogens is 1.